The molecule has 2 heterocycles. The Labute approximate surface area is 184 Å². The van der Waals surface area contributed by atoms with Gasteiger partial charge in [0.25, 0.3) is 0 Å². The number of carbonyl (C=O) groups excluding carboxylic acids is 2. The van der Waals surface area contributed by atoms with Crippen molar-refractivity contribution in [1.82, 2.24) is 4.31 Å². The Morgan fingerprint density at radius 2 is 1.68 bits per heavy atom. The second-order valence-corrected chi connectivity index (χ2v) is 9.49. The minimum Gasteiger partial charge on any atom is -0.454 e. The summed E-state index contributed by atoms with van der Waals surface area (Å²) in [7, 11) is -3.83. The number of carbonyl (C=O) groups is 2. The number of hydrogen-bond donors (Lipinski definition) is 0. The Hall–Kier alpha value is -2.62. The van der Waals surface area contributed by atoms with Gasteiger partial charge in [-0.1, -0.05) is 18.0 Å². The average molecular weight is 466 g/mol. The Bertz CT molecular complexity index is 1130. The van der Waals surface area contributed by atoms with Crippen LogP contribution in [0.5, 0.6) is 11.5 Å². The number of ether oxygens (including phenoxy) is 3. The maximum absolute atomic E-state index is 12.9. The van der Waals surface area contributed by atoms with E-state index in [9.17, 15) is 18.0 Å². The lowest BCUT2D eigenvalue weighted by Crippen LogP contribution is -2.35. The highest BCUT2D eigenvalue weighted by atomic mass is 35.5. The third-order valence-corrected chi connectivity index (χ3v) is 7.51. The van der Waals surface area contributed by atoms with Crippen molar-refractivity contribution >= 4 is 33.4 Å². The van der Waals surface area contributed by atoms with Gasteiger partial charge in [-0.3, -0.25) is 4.79 Å². The van der Waals surface area contributed by atoms with Crippen molar-refractivity contribution in [3.63, 3.8) is 0 Å². The summed E-state index contributed by atoms with van der Waals surface area (Å²) in [5, 5.41) is 0.0264. The fraction of sp³-hybridized carbons (Fsp3) is 0.333. The molecule has 0 bridgehead atoms. The lowest BCUT2D eigenvalue weighted by Gasteiger charge is -2.26. The fourth-order valence-corrected chi connectivity index (χ4v) is 5.46. The molecular formula is C21H20ClNO7S. The summed E-state index contributed by atoms with van der Waals surface area (Å²) in [6, 6.07) is 8.58. The van der Waals surface area contributed by atoms with Gasteiger partial charge >= 0.3 is 5.97 Å². The largest absolute Gasteiger partial charge is 0.454 e. The van der Waals surface area contributed by atoms with Crippen LogP contribution in [0.15, 0.2) is 41.3 Å². The zero-order chi connectivity index (χ0) is 22.0. The summed E-state index contributed by atoms with van der Waals surface area (Å²) < 4.78 is 42.8. The number of esters is 1. The number of halogens is 1. The van der Waals surface area contributed by atoms with Gasteiger partial charge < -0.3 is 14.2 Å². The standard InChI is InChI=1S/C21H20ClNO7S/c22-16-6-4-15(11-20(16)31(26,27)23-8-2-1-3-9-23)21(25)28-12-17(24)14-5-7-18-19(10-14)30-13-29-18/h4-7,10-11H,1-3,8-9,12-13H2. The molecule has 0 spiro atoms. The molecule has 164 valence electrons. The number of Topliss-reactive ketones (excluding diaryl/α,β-unsaturated/α-hetero) is 1. The molecule has 0 amide bonds. The number of rotatable bonds is 6. The van der Waals surface area contributed by atoms with Gasteiger partial charge in [0.05, 0.1) is 10.6 Å². The molecule has 8 nitrogen and oxygen atoms in total. The number of sulfonamides is 1. The minimum absolute atomic E-state index is 0.00142. The van der Waals surface area contributed by atoms with Crippen molar-refractivity contribution in [2.24, 2.45) is 0 Å². The van der Waals surface area contributed by atoms with E-state index in [4.69, 9.17) is 25.8 Å². The van der Waals surface area contributed by atoms with Gasteiger partial charge in [0.2, 0.25) is 16.8 Å². The highest BCUT2D eigenvalue weighted by Gasteiger charge is 2.29. The highest BCUT2D eigenvalue weighted by Crippen LogP contribution is 2.32. The van der Waals surface area contributed by atoms with Gasteiger partial charge in [-0.25, -0.2) is 13.2 Å². The van der Waals surface area contributed by atoms with Gasteiger partial charge in [-0.2, -0.15) is 4.31 Å². The molecule has 1 fully saturated rings. The van der Waals surface area contributed by atoms with Crippen LogP contribution in [0.3, 0.4) is 0 Å². The van der Waals surface area contributed by atoms with E-state index in [1.807, 2.05) is 0 Å². The first-order valence-corrected chi connectivity index (χ1v) is 11.6. The molecule has 0 atom stereocenters. The SMILES string of the molecule is O=C(COC(=O)c1ccc(Cl)c(S(=O)(=O)N2CCCCC2)c1)c1ccc2c(c1)OCO2. The molecule has 1 saturated heterocycles. The van der Waals surface area contributed by atoms with E-state index in [0.717, 1.165) is 19.3 Å². The predicted octanol–water partition coefficient (Wildman–Crippen LogP) is 3.28. The average Bonchev–Trinajstić information content (AvgIpc) is 3.26. The molecule has 0 aliphatic carbocycles. The zero-order valence-corrected chi connectivity index (χ0v) is 18.1. The van der Waals surface area contributed by atoms with Gasteiger partial charge in [-0.15, -0.1) is 0 Å². The molecule has 0 aromatic heterocycles. The van der Waals surface area contributed by atoms with E-state index in [0.29, 0.717) is 30.2 Å². The third-order valence-electron chi connectivity index (χ3n) is 5.13. The van der Waals surface area contributed by atoms with E-state index < -0.39 is 28.4 Å². The molecule has 0 unspecified atom stereocenters. The molecular weight excluding hydrogens is 446 g/mol. The fourth-order valence-electron chi connectivity index (χ4n) is 3.44. The van der Waals surface area contributed by atoms with Gasteiger partial charge in [0.15, 0.2) is 23.9 Å². The quantitative estimate of drug-likeness (QED) is 0.476. The molecule has 0 saturated carbocycles. The van der Waals surface area contributed by atoms with Gasteiger partial charge in [0, 0.05) is 18.7 Å². The van der Waals surface area contributed by atoms with Crippen LogP contribution in [0.25, 0.3) is 0 Å². The molecule has 4 rings (SSSR count). The predicted molar refractivity (Wildman–Crippen MR) is 111 cm³/mol. The molecule has 2 aromatic carbocycles. The van der Waals surface area contributed by atoms with Crippen molar-refractivity contribution in [3.05, 3.63) is 52.5 Å². The molecule has 0 radical (unpaired) electrons. The van der Waals surface area contributed by atoms with E-state index in [1.54, 1.807) is 12.1 Å². The lowest BCUT2D eigenvalue weighted by atomic mass is 10.1. The molecule has 0 N–H and O–H groups in total. The summed E-state index contributed by atoms with van der Waals surface area (Å²) in [4.78, 5) is 24.7. The second kappa shape index (κ2) is 8.86. The zero-order valence-electron chi connectivity index (χ0n) is 16.5. The van der Waals surface area contributed by atoms with E-state index in [-0.39, 0.29) is 22.3 Å². The smallest absolute Gasteiger partial charge is 0.338 e. The van der Waals surface area contributed by atoms with Crippen LogP contribution >= 0.6 is 11.6 Å². The van der Waals surface area contributed by atoms with Crippen molar-refractivity contribution in [1.29, 1.82) is 0 Å². The highest BCUT2D eigenvalue weighted by molar-refractivity contribution is 7.89. The number of piperidine rings is 1. The second-order valence-electron chi connectivity index (χ2n) is 7.18. The molecule has 2 aliphatic heterocycles. The summed E-state index contributed by atoms with van der Waals surface area (Å²) in [6.07, 6.45) is 2.53. The topological polar surface area (TPSA) is 99.2 Å². The van der Waals surface area contributed by atoms with Crippen LogP contribution in [-0.4, -0.2) is 51.0 Å². The molecule has 2 aromatic rings. The normalized spacial score (nSPS) is 16.2. The number of hydrogen-bond acceptors (Lipinski definition) is 7. The van der Waals surface area contributed by atoms with E-state index in [1.165, 1.54) is 28.6 Å². The lowest BCUT2D eigenvalue weighted by molar-refractivity contribution is 0.0474. The number of benzene rings is 2. The van der Waals surface area contributed by atoms with Crippen LogP contribution in [-0.2, 0) is 14.8 Å². The van der Waals surface area contributed by atoms with Gasteiger partial charge in [-0.05, 0) is 49.2 Å². The summed E-state index contributed by atoms with van der Waals surface area (Å²) >= 11 is 6.12. The van der Waals surface area contributed by atoms with Crippen LogP contribution in [0.4, 0.5) is 0 Å². The number of nitrogens with zero attached hydrogens (tertiary/aromatic N) is 1. The van der Waals surface area contributed by atoms with Crippen LogP contribution in [0.1, 0.15) is 40.0 Å². The third kappa shape index (κ3) is 4.53. The van der Waals surface area contributed by atoms with Crippen LogP contribution in [0, 0.1) is 0 Å². The monoisotopic (exact) mass is 465 g/mol. The van der Waals surface area contributed by atoms with Crippen LogP contribution in [0.2, 0.25) is 5.02 Å². The van der Waals surface area contributed by atoms with Crippen molar-refractivity contribution < 1.29 is 32.2 Å². The van der Waals surface area contributed by atoms with E-state index in [2.05, 4.69) is 0 Å². The molecule has 31 heavy (non-hydrogen) atoms. The van der Waals surface area contributed by atoms with E-state index >= 15 is 0 Å². The maximum atomic E-state index is 12.9. The molecule has 2 aliphatic rings. The van der Waals surface area contributed by atoms with Crippen molar-refractivity contribution in [3.8, 4) is 11.5 Å². The number of ketones is 1. The maximum Gasteiger partial charge on any atom is 0.338 e. The van der Waals surface area contributed by atoms with Crippen molar-refractivity contribution in [2.45, 2.75) is 24.2 Å². The first-order valence-electron chi connectivity index (χ1n) is 9.76. The first-order chi connectivity index (χ1) is 14.9. The van der Waals surface area contributed by atoms with Gasteiger partial charge in [0.1, 0.15) is 4.90 Å². The minimum atomic E-state index is -3.83. The Balaban J connectivity index is 1.46. The van der Waals surface area contributed by atoms with Crippen LogP contribution < -0.4 is 9.47 Å². The Morgan fingerprint density at radius 3 is 2.45 bits per heavy atom. The molecule has 10 heteroatoms. The number of fused-ring (bicyclic) bond motifs is 1. The van der Waals surface area contributed by atoms with Crippen molar-refractivity contribution in [2.75, 3.05) is 26.5 Å². The summed E-state index contributed by atoms with van der Waals surface area (Å²) in [5.74, 6) is -0.262. The summed E-state index contributed by atoms with van der Waals surface area (Å²) in [6.45, 7) is 0.408. The Kier molecular flexibility index (Phi) is 6.17. The first kappa shape index (κ1) is 21.6. The summed E-state index contributed by atoms with van der Waals surface area (Å²) in [5.41, 5.74) is 0.306. The Morgan fingerprint density at radius 1 is 0.968 bits per heavy atom.